The van der Waals surface area contributed by atoms with Gasteiger partial charge in [-0.05, 0) is 0 Å². The number of hydrogen-bond donors (Lipinski definition) is 0. The summed E-state index contributed by atoms with van der Waals surface area (Å²) < 4.78 is 7.93. The van der Waals surface area contributed by atoms with Crippen molar-refractivity contribution in [2.75, 3.05) is 13.7 Å². The molecule has 0 amide bonds. The lowest BCUT2D eigenvalue weighted by molar-refractivity contribution is -0.701. The Bertz CT molecular complexity index is 306. The van der Waals surface area contributed by atoms with Crippen LogP contribution in [0.5, 0.6) is 0 Å². The maximum Gasteiger partial charge on any atom is 0.304 e. The monoisotopic (exact) mass is 184 g/mol. The van der Waals surface area contributed by atoms with E-state index < -0.39 is 5.97 Å². The summed E-state index contributed by atoms with van der Waals surface area (Å²) in [5, 5.41) is 10.7. The second-order valence-electron chi connectivity index (χ2n) is 2.71. The average molecular weight is 184 g/mol. The average Bonchev–Trinajstić information content (AvgIpc) is 2.43. The van der Waals surface area contributed by atoms with E-state index in [-0.39, 0.29) is 5.82 Å². The van der Waals surface area contributed by atoms with E-state index in [0.717, 1.165) is 0 Å². The molecule has 1 aromatic rings. The Morgan fingerprint density at radius 2 is 2.46 bits per heavy atom. The van der Waals surface area contributed by atoms with E-state index in [1.165, 1.54) is 4.57 Å². The van der Waals surface area contributed by atoms with Gasteiger partial charge in [-0.15, -0.1) is 0 Å². The molecule has 72 valence electrons. The standard InChI is InChI=1S/C8H12N2O3/c1-9-3-4-10(5-6-13-2)7(9)8(11)12/h3-4H,5-6H2,1-2H3. The third kappa shape index (κ3) is 2.06. The maximum absolute atomic E-state index is 10.7. The van der Waals surface area contributed by atoms with Crippen molar-refractivity contribution >= 4 is 5.97 Å². The zero-order chi connectivity index (χ0) is 9.84. The highest BCUT2D eigenvalue weighted by molar-refractivity contribution is 5.79. The first kappa shape index (κ1) is 9.73. The zero-order valence-corrected chi connectivity index (χ0v) is 7.69. The van der Waals surface area contributed by atoms with Gasteiger partial charge in [-0.25, -0.2) is 9.13 Å². The van der Waals surface area contributed by atoms with Crippen molar-refractivity contribution in [3.63, 3.8) is 0 Å². The maximum atomic E-state index is 10.7. The Labute approximate surface area is 76.2 Å². The number of carbonyl (C=O) groups excluding carboxylic acids is 1. The number of aromatic nitrogens is 2. The minimum Gasteiger partial charge on any atom is -0.538 e. The Hall–Kier alpha value is -1.36. The largest absolute Gasteiger partial charge is 0.538 e. The molecule has 1 rings (SSSR count). The number of carboxylic acid groups (broad SMARTS) is 1. The van der Waals surface area contributed by atoms with Gasteiger partial charge in [-0.2, -0.15) is 0 Å². The van der Waals surface area contributed by atoms with E-state index in [0.29, 0.717) is 13.2 Å². The lowest BCUT2D eigenvalue weighted by Crippen LogP contribution is -2.45. The van der Waals surface area contributed by atoms with Gasteiger partial charge in [-0.3, -0.25) is 0 Å². The minimum atomic E-state index is -1.18. The van der Waals surface area contributed by atoms with Crippen molar-refractivity contribution in [1.82, 2.24) is 4.57 Å². The number of aryl methyl sites for hydroxylation is 1. The van der Waals surface area contributed by atoms with Gasteiger partial charge >= 0.3 is 5.82 Å². The van der Waals surface area contributed by atoms with Crippen molar-refractivity contribution in [3.05, 3.63) is 18.2 Å². The molecular formula is C8H12N2O3. The highest BCUT2D eigenvalue weighted by Crippen LogP contribution is 1.89. The number of nitrogens with zero attached hydrogens (tertiary/aromatic N) is 2. The SMILES string of the molecule is COCC[n+]1ccn(C)c1C(=O)[O-]. The first-order valence-corrected chi connectivity index (χ1v) is 3.92. The molecule has 13 heavy (non-hydrogen) atoms. The summed E-state index contributed by atoms with van der Waals surface area (Å²) in [5.41, 5.74) is 0. The highest BCUT2D eigenvalue weighted by atomic mass is 16.5. The van der Waals surface area contributed by atoms with Gasteiger partial charge in [-0.1, -0.05) is 0 Å². The van der Waals surface area contributed by atoms with Crippen LogP contribution >= 0.6 is 0 Å². The smallest absolute Gasteiger partial charge is 0.304 e. The van der Waals surface area contributed by atoms with E-state index in [4.69, 9.17) is 4.74 Å². The predicted molar refractivity (Wildman–Crippen MR) is 41.8 cm³/mol. The van der Waals surface area contributed by atoms with Crippen molar-refractivity contribution in [1.29, 1.82) is 0 Å². The lowest BCUT2D eigenvalue weighted by Gasteiger charge is -2.01. The zero-order valence-electron chi connectivity index (χ0n) is 7.69. The summed E-state index contributed by atoms with van der Waals surface area (Å²) in [5.74, 6) is -1.03. The van der Waals surface area contributed by atoms with Crippen LogP contribution in [0.4, 0.5) is 0 Å². The Kier molecular flexibility index (Phi) is 3.02. The molecule has 0 saturated heterocycles. The Morgan fingerprint density at radius 3 is 3.00 bits per heavy atom. The third-order valence-electron chi connectivity index (χ3n) is 1.80. The normalized spacial score (nSPS) is 10.3. The summed E-state index contributed by atoms with van der Waals surface area (Å²) in [4.78, 5) is 10.7. The molecule has 5 nitrogen and oxygen atoms in total. The fourth-order valence-electron chi connectivity index (χ4n) is 1.16. The number of carbonyl (C=O) groups is 1. The van der Waals surface area contributed by atoms with Crippen LogP contribution in [-0.4, -0.2) is 24.3 Å². The van der Waals surface area contributed by atoms with Crippen LogP contribution in [0, 0.1) is 0 Å². The number of hydrogen-bond acceptors (Lipinski definition) is 3. The number of methoxy groups -OCH3 is 1. The van der Waals surface area contributed by atoms with Gasteiger partial charge in [0.2, 0.25) is 0 Å². The third-order valence-corrected chi connectivity index (χ3v) is 1.80. The number of carboxylic acids is 1. The molecule has 0 bridgehead atoms. The molecule has 0 aliphatic carbocycles. The van der Waals surface area contributed by atoms with Crippen LogP contribution in [0.25, 0.3) is 0 Å². The first-order valence-electron chi connectivity index (χ1n) is 3.92. The Morgan fingerprint density at radius 1 is 1.77 bits per heavy atom. The van der Waals surface area contributed by atoms with E-state index in [2.05, 4.69) is 0 Å². The van der Waals surface area contributed by atoms with Crippen LogP contribution < -0.4 is 9.67 Å². The second-order valence-corrected chi connectivity index (χ2v) is 2.71. The van der Waals surface area contributed by atoms with Crippen molar-refractivity contribution < 1.29 is 19.2 Å². The molecule has 0 atom stereocenters. The first-order chi connectivity index (χ1) is 6.16. The number of aromatic carboxylic acids is 1. The van der Waals surface area contributed by atoms with Crippen molar-refractivity contribution in [3.8, 4) is 0 Å². The molecule has 0 aliphatic heterocycles. The van der Waals surface area contributed by atoms with E-state index in [1.807, 2.05) is 0 Å². The van der Waals surface area contributed by atoms with Crippen LogP contribution in [0.15, 0.2) is 12.4 Å². The summed E-state index contributed by atoms with van der Waals surface area (Å²) >= 11 is 0. The van der Waals surface area contributed by atoms with Crippen molar-refractivity contribution in [2.24, 2.45) is 7.05 Å². The fraction of sp³-hybridized carbons (Fsp3) is 0.500. The molecule has 5 heteroatoms. The van der Waals surface area contributed by atoms with Gasteiger partial charge in [0.15, 0.2) is 5.97 Å². The van der Waals surface area contributed by atoms with E-state index >= 15 is 0 Å². The van der Waals surface area contributed by atoms with Gasteiger partial charge in [0.25, 0.3) is 0 Å². The predicted octanol–water partition coefficient (Wildman–Crippen LogP) is -1.68. The Balaban J connectivity index is 2.87. The molecule has 1 heterocycles. The molecule has 0 aliphatic rings. The second kappa shape index (κ2) is 4.04. The quantitative estimate of drug-likeness (QED) is 0.525. The van der Waals surface area contributed by atoms with Crippen LogP contribution in [0.2, 0.25) is 0 Å². The minimum absolute atomic E-state index is 0.150. The summed E-state index contributed by atoms with van der Waals surface area (Å²) in [6.07, 6.45) is 3.35. The summed E-state index contributed by atoms with van der Waals surface area (Å²) in [6, 6.07) is 0. The van der Waals surface area contributed by atoms with E-state index in [9.17, 15) is 9.90 Å². The summed E-state index contributed by atoms with van der Waals surface area (Å²) in [6.45, 7) is 0.996. The molecule has 0 N–H and O–H groups in total. The van der Waals surface area contributed by atoms with Crippen LogP contribution in [0.3, 0.4) is 0 Å². The molecule has 0 aromatic carbocycles. The lowest BCUT2D eigenvalue weighted by atomic mass is 10.5. The van der Waals surface area contributed by atoms with Crippen molar-refractivity contribution in [2.45, 2.75) is 6.54 Å². The number of rotatable bonds is 4. The topological polar surface area (TPSA) is 58.2 Å². The highest BCUT2D eigenvalue weighted by Gasteiger charge is 2.14. The van der Waals surface area contributed by atoms with Crippen LogP contribution in [0.1, 0.15) is 10.6 Å². The molecule has 0 fully saturated rings. The number of imidazole rings is 1. The summed E-state index contributed by atoms with van der Waals surface area (Å²) in [7, 11) is 3.23. The fourth-order valence-corrected chi connectivity index (χ4v) is 1.16. The van der Waals surface area contributed by atoms with Gasteiger partial charge in [0.1, 0.15) is 18.9 Å². The molecule has 0 saturated carbocycles. The molecule has 1 aromatic heterocycles. The van der Waals surface area contributed by atoms with Crippen LogP contribution in [-0.2, 0) is 18.3 Å². The van der Waals surface area contributed by atoms with Gasteiger partial charge in [0.05, 0.1) is 13.7 Å². The van der Waals surface area contributed by atoms with Gasteiger partial charge < -0.3 is 14.6 Å². The van der Waals surface area contributed by atoms with Gasteiger partial charge in [0, 0.05) is 7.11 Å². The van der Waals surface area contributed by atoms with E-state index in [1.54, 1.807) is 31.1 Å². The number of ether oxygens (including phenoxy) is 1. The molecule has 0 unspecified atom stereocenters. The molecular weight excluding hydrogens is 172 g/mol. The molecule has 0 spiro atoms. The molecule has 0 radical (unpaired) electrons.